The van der Waals surface area contributed by atoms with E-state index in [1.165, 1.54) is 18.2 Å². The van der Waals surface area contributed by atoms with Crippen molar-refractivity contribution in [3.8, 4) is 0 Å². The van der Waals surface area contributed by atoms with E-state index in [1.807, 2.05) is 62.6 Å². The molecule has 2 heterocycles. The van der Waals surface area contributed by atoms with E-state index in [0.717, 1.165) is 17.0 Å². The van der Waals surface area contributed by atoms with Gasteiger partial charge in [-0.15, -0.1) is 0 Å². The van der Waals surface area contributed by atoms with Crippen LogP contribution in [0.5, 0.6) is 0 Å². The number of aliphatic carboxylic acids is 2. The number of fused-ring (bicyclic) bond motifs is 2. The zero-order valence-electron chi connectivity index (χ0n) is 28.7. The molecular weight excluding hydrogens is 701 g/mol. The zero-order chi connectivity index (χ0) is 33.9. The van der Waals surface area contributed by atoms with Crippen molar-refractivity contribution in [1.82, 2.24) is 0 Å². The summed E-state index contributed by atoms with van der Waals surface area (Å²) in [5.74, 6) is -2.39. The molecule has 0 atom stereocenters. The largest absolute Gasteiger partial charge is 1.00 e. The van der Waals surface area contributed by atoms with Gasteiger partial charge in [-0.3, -0.25) is 0 Å². The average molecular weight is 735 g/mol. The van der Waals surface area contributed by atoms with Gasteiger partial charge in [-0.2, -0.15) is 4.58 Å². The van der Waals surface area contributed by atoms with Crippen molar-refractivity contribution in [3.63, 3.8) is 0 Å². The van der Waals surface area contributed by atoms with Gasteiger partial charge in [-0.25, -0.2) is 8.42 Å². The number of hydrogen-bond donors (Lipinski definition) is 0. The van der Waals surface area contributed by atoms with Crippen LogP contribution < -0.4 is 109 Å². The summed E-state index contributed by atoms with van der Waals surface area (Å²) in [5.41, 5.74) is 3.30. The quantitative estimate of drug-likeness (QED) is 0.0364. The molecule has 16 heteroatoms. The molecule has 0 bridgehead atoms. The first-order valence-electron chi connectivity index (χ1n) is 14.3. The first-order valence-corrected chi connectivity index (χ1v) is 16.5. The Morgan fingerprint density at radius 3 is 2.12 bits per heavy atom. The number of carbonyl (C=O) groups is 2. The molecule has 0 saturated carbocycles. The molecule has 11 nitrogen and oxygen atoms in total. The van der Waals surface area contributed by atoms with Gasteiger partial charge >= 0.3 is 88.7 Å². The number of anilines is 1. The summed E-state index contributed by atoms with van der Waals surface area (Å²) >= 11 is 0.705. The van der Waals surface area contributed by atoms with E-state index in [4.69, 9.17) is 0 Å². The van der Waals surface area contributed by atoms with Crippen LogP contribution in [-0.2, 0) is 34.9 Å². The summed E-state index contributed by atoms with van der Waals surface area (Å²) in [4.78, 5) is 24.6. The van der Waals surface area contributed by atoms with Crippen molar-refractivity contribution in [3.05, 3.63) is 95.8 Å². The molecule has 0 unspecified atom stereocenters. The van der Waals surface area contributed by atoms with Crippen LogP contribution in [0.4, 0.5) is 11.4 Å². The monoisotopic (exact) mass is 734 g/mol. The Morgan fingerprint density at radius 2 is 1.51 bits per heavy atom. The topological polar surface area (TPSA) is 176 Å². The fraction of sp³-hybridized carbons (Fsp3) is 0.303. The maximum Gasteiger partial charge on any atom is 1.00 e. The van der Waals surface area contributed by atoms with Gasteiger partial charge < -0.3 is 38.8 Å². The Hall–Kier alpha value is -1.01. The molecule has 0 saturated heterocycles. The fourth-order valence-corrected chi connectivity index (χ4v) is 6.79. The van der Waals surface area contributed by atoms with Crippen LogP contribution >= 0.6 is 12.0 Å². The molecule has 0 aromatic heterocycles. The Balaban J connectivity index is 0.00000400. The van der Waals surface area contributed by atoms with E-state index in [-0.39, 0.29) is 119 Å². The second-order valence-corrected chi connectivity index (χ2v) is 14.0. The Bertz CT molecular complexity index is 1820. The summed E-state index contributed by atoms with van der Waals surface area (Å²) < 4.78 is 40.9. The van der Waals surface area contributed by atoms with Crippen molar-refractivity contribution in [2.24, 2.45) is 0 Å². The van der Waals surface area contributed by atoms with Crippen LogP contribution in [0.2, 0.25) is 0 Å². The van der Waals surface area contributed by atoms with E-state index in [1.54, 1.807) is 35.3 Å². The van der Waals surface area contributed by atoms with Crippen LogP contribution in [0.1, 0.15) is 51.7 Å². The molecular formula is C33H33N2Na3O9S2. The number of carbonyl (C=O) groups excluding carboxylic acids is 2. The predicted molar refractivity (Wildman–Crippen MR) is 166 cm³/mol. The molecule has 0 radical (unpaired) electrons. The maximum absolute atomic E-state index is 11.7. The number of carboxylic acid groups (broad SMARTS) is 2. The van der Waals surface area contributed by atoms with E-state index in [2.05, 4.69) is 4.33 Å². The van der Waals surface area contributed by atoms with Gasteiger partial charge in [0, 0.05) is 82.8 Å². The molecule has 2 aromatic carbocycles. The normalized spacial score (nSPS) is 16.9. The van der Waals surface area contributed by atoms with Crippen molar-refractivity contribution in [2.75, 3.05) is 18.0 Å². The van der Waals surface area contributed by atoms with Crippen LogP contribution in [-0.4, -0.2) is 48.3 Å². The van der Waals surface area contributed by atoms with Crippen molar-refractivity contribution < 1.29 is 136 Å². The Labute approximate surface area is 357 Å². The summed E-state index contributed by atoms with van der Waals surface area (Å²) in [6.07, 6.45) is 12.3. The number of benzene rings is 2. The molecule has 4 rings (SSSR count). The second-order valence-electron chi connectivity index (χ2n) is 11.8. The number of hydrogen-bond acceptors (Lipinski definition) is 11. The van der Waals surface area contributed by atoms with Gasteiger partial charge in [0.2, 0.25) is 5.69 Å². The number of nitrogens with zero attached hydrogens (tertiary/aromatic N) is 2. The molecule has 2 aliphatic heterocycles. The Kier molecular flexibility index (Phi) is 18.0. The van der Waals surface area contributed by atoms with Crippen LogP contribution in [0, 0.1) is 0 Å². The van der Waals surface area contributed by atoms with Crippen molar-refractivity contribution in [1.29, 1.82) is 0 Å². The molecule has 2 aliphatic rings. The summed E-state index contributed by atoms with van der Waals surface area (Å²) in [6.45, 7) is 8.05. The van der Waals surface area contributed by atoms with Gasteiger partial charge in [-0.1, -0.05) is 44.2 Å². The third-order valence-corrected chi connectivity index (χ3v) is 9.52. The predicted octanol–water partition coefficient (Wildman–Crippen LogP) is -7.09. The van der Waals surface area contributed by atoms with Gasteiger partial charge in [0.25, 0.3) is 0 Å². The van der Waals surface area contributed by atoms with Gasteiger partial charge in [0.15, 0.2) is 12.3 Å². The minimum atomic E-state index is -4.68. The van der Waals surface area contributed by atoms with E-state index in [0.29, 0.717) is 33.9 Å². The van der Waals surface area contributed by atoms with Gasteiger partial charge in [-0.05, 0) is 55.8 Å². The molecule has 0 N–H and O–H groups in total. The first-order chi connectivity index (χ1) is 21.6. The summed E-state index contributed by atoms with van der Waals surface area (Å²) in [7, 11) is -4.68. The van der Waals surface area contributed by atoms with Crippen LogP contribution in [0.3, 0.4) is 0 Å². The Morgan fingerprint density at radius 1 is 0.878 bits per heavy atom. The number of carboxylic acids is 2. The summed E-state index contributed by atoms with van der Waals surface area (Å²) in [5, 5.41) is 33.2. The van der Waals surface area contributed by atoms with E-state index < -0.39 is 32.9 Å². The maximum atomic E-state index is 11.7. The zero-order valence-corrected chi connectivity index (χ0v) is 36.4. The standard InChI is InChI=1S/C33H36N2O9S2.3Na/c1-32(2)24-20-22(45-44-40)12-14-26(24)34(18-16-30(36)37)28(32)10-8-6-5-7-9-11-29-33(3,4)25-21-23(46(41,42)43)13-15-27(25)35(29)19-17-31(38)39;;;/h5-15,20-21H,16-19H2,1-4H3,(H3-,36,37,38,39,40,41,42,43);;;/q;3*+1/p-3. The molecule has 49 heavy (non-hydrogen) atoms. The fourth-order valence-electron chi connectivity index (χ4n) is 5.93. The minimum Gasteiger partial charge on any atom is -0.744 e. The van der Waals surface area contributed by atoms with Gasteiger partial charge in [0.05, 0.1) is 10.3 Å². The third-order valence-electron chi connectivity index (χ3n) is 8.18. The van der Waals surface area contributed by atoms with Crippen molar-refractivity contribution in [2.45, 2.75) is 61.2 Å². The van der Waals surface area contributed by atoms with E-state index >= 15 is 0 Å². The number of rotatable bonds is 13. The first kappa shape index (κ1) is 46.0. The van der Waals surface area contributed by atoms with E-state index in [9.17, 15) is 38.0 Å². The molecule has 0 fully saturated rings. The minimum absolute atomic E-state index is 0. The average Bonchev–Trinajstić information content (AvgIpc) is 3.31. The smallest absolute Gasteiger partial charge is 0.744 e. The number of allylic oxidation sites excluding steroid dienone is 8. The molecule has 0 amide bonds. The van der Waals surface area contributed by atoms with Crippen LogP contribution in [0.25, 0.3) is 0 Å². The molecule has 2 aromatic rings. The molecule has 0 spiro atoms. The third kappa shape index (κ3) is 10.8. The summed E-state index contributed by atoms with van der Waals surface area (Å²) in [6, 6.07) is 9.51. The van der Waals surface area contributed by atoms with Crippen molar-refractivity contribution >= 4 is 51.2 Å². The molecule has 0 aliphatic carbocycles. The van der Waals surface area contributed by atoms with Crippen LogP contribution in [0.15, 0.2) is 94.4 Å². The second kappa shape index (κ2) is 19.2. The SMILES string of the molecule is CC1(C)C(/C=C/C=C/C=C/C=C2/N(CCC(=O)[O-])c3ccc(S(=O)(=O)[O-])cc3C2(C)C)=[N+](CCC(=O)[O-])c2ccc(SO[O-])cc21.[Na+].[Na+].[Na+]. The van der Waals surface area contributed by atoms with Gasteiger partial charge in [0.1, 0.15) is 10.1 Å². The molecule has 244 valence electrons.